The average Bonchev–Trinajstić information content (AvgIpc) is 2.15. The third-order valence-corrected chi connectivity index (χ3v) is 0.787. The molecule has 0 aliphatic rings. The van der Waals surface area contributed by atoms with E-state index in [-0.39, 0.29) is 0 Å². The Morgan fingerprint density at radius 3 is 3.00 bits per heavy atom. The molecule has 9 heavy (non-hydrogen) atoms. The lowest BCUT2D eigenvalue weighted by atomic mass is 10.6. The highest BCUT2D eigenvalue weighted by Crippen LogP contribution is 2.12. The molecule has 0 bridgehead atoms. The van der Waals surface area contributed by atoms with E-state index < -0.39 is 0 Å². The van der Waals surface area contributed by atoms with E-state index in [9.17, 15) is 0 Å². The van der Waals surface area contributed by atoms with Gasteiger partial charge in [-0.3, -0.25) is 0 Å². The van der Waals surface area contributed by atoms with E-state index >= 15 is 0 Å². The molecular weight excluding hydrogens is 116 g/mol. The van der Waals surface area contributed by atoms with Gasteiger partial charge in [-0.05, 0) is 6.92 Å². The van der Waals surface area contributed by atoms with Gasteiger partial charge in [-0.2, -0.15) is 0 Å². The van der Waals surface area contributed by atoms with Crippen molar-refractivity contribution < 1.29 is 9.15 Å². The van der Waals surface area contributed by atoms with E-state index in [2.05, 4.69) is 6.58 Å². The van der Waals surface area contributed by atoms with Crippen LogP contribution < -0.4 is 4.74 Å². The van der Waals surface area contributed by atoms with Crippen molar-refractivity contribution in [2.75, 3.05) is 0 Å². The lowest BCUT2D eigenvalue weighted by Crippen LogP contribution is -1.84. The van der Waals surface area contributed by atoms with E-state index in [0.29, 0.717) is 11.5 Å². The predicted octanol–water partition coefficient (Wildman–Crippen LogP) is 2.19. The van der Waals surface area contributed by atoms with Gasteiger partial charge in [0.2, 0.25) is 0 Å². The summed E-state index contributed by atoms with van der Waals surface area (Å²) in [6.45, 7) is 5.35. The highest BCUT2D eigenvalue weighted by Gasteiger charge is 1.91. The van der Waals surface area contributed by atoms with E-state index in [4.69, 9.17) is 9.15 Å². The summed E-state index contributed by atoms with van der Waals surface area (Å²) in [5.74, 6) is 1.36. The summed E-state index contributed by atoms with van der Waals surface area (Å²) >= 11 is 0. The van der Waals surface area contributed by atoms with Crippen molar-refractivity contribution in [2.45, 2.75) is 6.92 Å². The molecule has 1 aromatic heterocycles. The van der Waals surface area contributed by atoms with E-state index in [0.717, 1.165) is 0 Å². The molecule has 0 saturated carbocycles. The molecule has 2 nitrogen and oxygen atoms in total. The Kier molecular flexibility index (Phi) is 1.58. The Hall–Kier alpha value is -1.18. The Labute approximate surface area is 53.7 Å². The number of rotatable bonds is 2. The monoisotopic (exact) mass is 124 g/mol. The zero-order valence-corrected chi connectivity index (χ0v) is 5.26. The first-order valence-corrected chi connectivity index (χ1v) is 2.64. The van der Waals surface area contributed by atoms with Crippen molar-refractivity contribution in [1.29, 1.82) is 0 Å². The topological polar surface area (TPSA) is 22.4 Å². The van der Waals surface area contributed by atoms with Gasteiger partial charge in [-0.25, -0.2) is 0 Å². The summed E-state index contributed by atoms with van der Waals surface area (Å²) in [5.41, 5.74) is 0. The molecular formula is C7H8O2. The molecule has 0 atom stereocenters. The highest BCUT2D eigenvalue weighted by molar-refractivity contribution is 5.15. The maximum absolute atomic E-state index is 5.07. The van der Waals surface area contributed by atoms with Gasteiger partial charge in [0.1, 0.15) is 6.26 Å². The molecule has 1 rings (SSSR count). The fraction of sp³-hybridized carbons (Fsp3) is 0.143. The number of ether oxygens (including phenoxy) is 1. The van der Waals surface area contributed by atoms with Crippen LogP contribution in [0.4, 0.5) is 0 Å². The third kappa shape index (κ3) is 1.64. The zero-order chi connectivity index (χ0) is 6.69. The van der Waals surface area contributed by atoms with Crippen molar-refractivity contribution in [3.63, 3.8) is 0 Å². The molecule has 2 heteroatoms. The minimum absolute atomic E-state index is 0.663. The molecule has 0 aliphatic heterocycles. The van der Waals surface area contributed by atoms with Gasteiger partial charge in [0.15, 0.2) is 5.75 Å². The van der Waals surface area contributed by atoms with Crippen LogP contribution in [0.5, 0.6) is 5.75 Å². The van der Waals surface area contributed by atoms with Crippen LogP contribution in [0.15, 0.2) is 35.3 Å². The fourth-order valence-electron chi connectivity index (χ4n) is 0.511. The van der Waals surface area contributed by atoms with Crippen LogP contribution >= 0.6 is 0 Å². The summed E-state index contributed by atoms with van der Waals surface area (Å²) in [5, 5.41) is 0. The van der Waals surface area contributed by atoms with Crippen LogP contribution in [-0.2, 0) is 0 Å². The summed E-state index contributed by atoms with van der Waals surface area (Å²) < 4.78 is 9.82. The first kappa shape index (κ1) is 5.95. The van der Waals surface area contributed by atoms with Crippen LogP contribution in [0.3, 0.4) is 0 Å². The van der Waals surface area contributed by atoms with Crippen LogP contribution in [0, 0.1) is 0 Å². The molecule has 0 saturated heterocycles. The second kappa shape index (κ2) is 2.40. The molecule has 0 spiro atoms. The number of furan rings is 1. The molecule has 0 unspecified atom stereocenters. The molecule has 0 aliphatic carbocycles. The molecule has 0 radical (unpaired) electrons. The van der Waals surface area contributed by atoms with E-state index in [1.165, 1.54) is 6.26 Å². The zero-order valence-electron chi connectivity index (χ0n) is 5.26. The van der Waals surface area contributed by atoms with Gasteiger partial charge in [0, 0.05) is 6.07 Å². The first-order chi connectivity index (χ1) is 4.29. The van der Waals surface area contributed by atoms with E-state index in [1.54, 1.807) is 19.3 Å². The van der Waals surface area contributed by atoms with Gasteiger partial charge < -0.3 is 9.15 Å². The smallest absolute Gasteiger partial charge is 0.164 e. The van der Waals surface area contributed by atoms with E-state index in [1.807, 2.05) is 0 Å². The highest BCUT2D eigenvalue weighted by atomic mass is 16.5. The summed E-state index contributed by atoms with van der Waals surface area (Å²) in [7, 11) is 0. The maximum atomic E-state index is 5.07. The molecule has 0 fully saturated rings. The number of hydrogen-bond donors (Lipinski definition) is 0. The second-order valence-corrected chi connectivity index (χ2v) is 1.76. The fourth-order valence-corrected chi connectivity index (χ4v) is 0.511. The normalized spacial score (nSPS) is 9.00. The summed E-state index contributed by atoms with van der Waals surface area (Å²) in [6.07, 6.45) is 3.08. The minimum atomic E-state index is 0.663. The molecule has 0 N–H and O–H groups in total. The Morgan fingerprint density at radius 1 is 1.78 bits per heavy atom. The van der Waals surface area contributed by atoms with Crippen molar-refractivity contribution in [3.8, 4) is 5.75 Å². The Morgan fingerprint density at radius 2 is 2.56 bits per heavy atom. The Balaban J connectivity index is 2.58. The van der Waals surface area contributed by atoms with Gasteiger partial charge in [-0.1, -0.05) is 6.58 Å². The van der Waals surface area contributed by atoms with Crippen LogP contribution in [0.2, 0.25) is 0 Å². The largest absolute Gasteiger partial charge is 0.469 e. The molecule has 48 valence electrons. The predicted molar refractivity (Wildman–Crippen MR) is 34.1 cm³/mol. The second-order valence-electron chi connectivity index (χ2n) is 1.76. The number of allylic oxidation sites excluding steroid dienone is 1. The molecule has 0 aromatic carbocycles. The lowest BCUT2D eigenvalue weighted by Gasteiger charge is -1.96. The standard InChI is InChI=1S/C7H8O2/c1-6(2)9-7-3-4-8-5-7/h3-5H,1H2,2H3. The van der Waals surface area contributed by atoms with Crippen LogP contribution in [0.1, 0.15) is 6.92 Å². The number of hydrogen-bond acceptors (Lipinski definition) is 2. The molecule has 1 heterocycles. The summed E-state index contributed by atoms with van der Waals surface area (Å²) in [4.78, 5) is 0. The van der Waals surface area contributed by atoms with Crippen molar-refractivity contribution in [2.24, 2.45) is 0 Å². The van der Waals surface area contributed by atoms with Crippen LogP contribution in [0.25, 0.3) is 0 Å². The Bertz CT molecular complexity index is 187. The van der Waals surface area contributed by atoms with Crippen molar-refractivity contribution in [1.82, 2.24) is 0 Å². The van der Waals surface area contributed by atoms with Gasteiger partial charge in [-0.15, -0.1) is 0 Å². The first-order valence-electron chi connectivity index (χ1n) is 2.64. The SMILES string of the molecule is C=C(C)Oc1ccoc1. The molecule has 0 amide bonds. The lowest BCUT2D eigenvalue weighted by molar-refractivity contribution is 0.420. The van der Waals surface area contributed by atoms with Crippen LogP contribution in [-0.4, -0.2) is 0 Å². The third-order valence-electron chi connectivity index (χ3n) is 0.787. The average molecular weight is 124 g/mol. The van der Waals surface area contributed by atoms with Crippen molar-refractivity contribution >= 4 is 0 Å². The van der Waals surface area contributed by atoms with Gasteiger partial charge >= 0.3 is 0 Å². The maximum Gasteiger partial charge on any atom is 0.164 e. The minimum Gasteiger partial charge on any atom is -0.469 e. The molecule has 1 aromatic rings. The summed E-state index contributed by atoms with van der Waals surface area (Å²) in [6, 6.07) is 1.73. The van der Waals surface area contributed by atoms with Gasteiger partial charge in [0.05, 0.1) is 12.0 Å². The van der Waals surface area contributed by atoms with Gasteiger partial charge in [0.25, 0.3) is 0 Å². The van der Waals surface area contributed by atoms with Crippen molar-refractivity contribution in [3.05, 3.63) is 30.9 Å². The quantitative estimate of drug-likeness (QED) is 0.564.